The molecule has 132 valence electrons. The van der Waals surface area contributed by atoms with Crippen LogP contribution in [0.2, 0.25) is 0 Å². The molecule has 0 radical (unpaired) electrons. The van der Waals surface area contributed by atoms with Crippen molar-refractivity contribution in [2.75, 3.05) is 12.4 Å². The molecule has 0 bridgehead atoms. The van der Waals surface area contributed by atoms with Gasteiger partial charge in [-0.05, 0) is 0 Å². The van der Waals surface area contributed by atoms with Crippen LogP contribution in [0.1, 0.15) is 31.6 Å². The predicted octanol–water partition coefficient (Wildman–Crippen LogP) is 4.47. The van der Waals surface area contributed by atoms with Crippen molar-refractivity contribution in [3.05, 3.63) is 17.7 Å². The van der Waals surface area contributed by atoms with Crippen molar-refractivity contribution in [2.24, 2.45) is 0 Å². The molecular weight excluding hydrogens is 470 g/mol. The maximum atomic E-state index is 5.71. The monoisotopic (exact) mass is 496 g/mol. The average molecular weight is 494 g/mol. The summed E-state index contributed by atoms with van der Waals surface area (Å²) in [6.07, 6.45) is 0.209. The number of fused-ring (bicyclic) bond motifs is 2. The SMILES string of the molecule is Cc1[se]c(C)c2c1OCC(C)O2.Cc1[se]c(C)c2c1SCC(C)S2. The second-order valence-corrected chi connectivity index (χ2v) is 14.7. The van der Waals surface area contributed by atoms with Gasteiger partial charge < -0.3 is 0 Å². The third-order valence-corrected chi connectivity index (χ3v) is 11.8. The van der Waals surface area contributed by atoms with E-state index in [0.717, 1.165) is 16.7 Å². The van der Waals surface area contributed by atoms with Gasteiger partial charge in [0.15, 0.2) is 0 Å². The van der Waals surface area contributed by atoms with E-state index in [4.69, 9.17) is 9.47 Å². The Balaban J connectivity index is 0.000000141. The summed E-state index contributed by atoms with van der Waals surface area (Å²) >= 11 is 5.30. The Morgan fingerprint density at radius 3 is 2.25 bits per heavy atom. The molecule has 0 aliphatic carbocycles. The zero-order valence-corrected chi connectivity index (χ0v) is 20.1. The minimum absolute atomic E-state index is 0.209. The molecule has 2 atom stereocenters. The summed E-state index contributed by atoms with van der Waals surface area (Å²) in [6.45, 7) is 13.9. The quantitative estimate of drug-likeness (QED) is 0.503. The molecule has 0 spiro atoms. The van der Waals surface area contributed by atoms with Gasteiger partial charge in [-0.2, -0.15) is 0 Å². The maximum absolute atomic E-state index is 5.71. The fourth-order valence-electron chi connectivity index (χ4n) is 2.76. The van der Waals surface area contributed by atoms with Gasteiger partial charge in [-0.25, -0.2) is 0 Å². The molecule has 0 fully saturated rings. The Morgan fingerprint density at radius 2 is 1.50 bits per heavy atom. The number of thioether (sulfide) groups is 2. The zero-order chi connectivity index (χ0) is 17.4. The van der Waals surface area contributed by atoms with Crippen LogP contribution in [-0.2, 0) is 0 Å². The van der Waals surface area contributed by atoms with Gasteiger partial charge in [0.05, 0.1) is 0 Å². The summed E-state index contributed by atoms with van der Waals surface area (Å²) in [5, 5.41) is 0.811. The van der Waals surface area contributed by atoms with Gasteiger partial charge in [0.25, 0.3) is 0 Å². The van der Waals surface area contributed by atoms with Crippen molar-refractivity contribution in [2.45, 2.75) is 62.7 Å². The van der Waals surface area contributed by atoms with Gasteiger partial charge in [-0.3, -0.25) is 0 Å². The van der Waals surface area contributed by atoms with Crippen molar-refractivity contribution in [3.63, 3.8) is 0 Å². The first-order valence-corrected chi connectivity index (χ1v) is 13.4. The molecule has 2 nitrogen and oxygen atoms in total. The van der Waals surface area contributed by atoms with Gasteiger partial charge >= 0.3 is 166 Å². The molecule has 0 saturated carbocycles. The third-order valence-electron chi connectivity index (χ3n) is 3.87. The Hall–Kier alpha value is 0.299. The van der Waals surface area contributed by atoms with E-state index in [0.29, 0.717) is 35.6 Å². The van der Waals surface area contributed by atoms with E-state index in [-0.39, 0.29) is 6.10 Å². The van der Waals surface area contributed by atoms with Crippen molar-refractivity contribution in [1.29, 1.82) is 0 Å². The van der Waals surface area contributed by atoms with Gasteiger partial charge in [0.2, 0.25) is 0 Å². The Labute approximate surface area is 165 Å². The predicted molar refractivity (Wildman–Crippen MR) is 107 cm³/mol. The summed E-state index contributed by atoms with van der Waals surface area (Å²) < 4.78 is 17.3. The van der Waals surface area contributed by atoms with E-state index >= 15 is 0 Å². The fourth-order valence-corrected chi connectivity index (χ4v) is 10.4. The summed E-state index contributed by atoms with van der Waals surface area (Å²) in [5.74, 6) is 3.33. The van der Waals surface area contributed by atoms with Crippen molar-refractivity contribution >= 4 is 52.5 Å². The summed E-state index contributed by atoms with van der Waals surface area (Å²) in [7, 11) is 0. The van der Waals surface area contributed by atoms with E-state index in [1.165, 1.54) is 14.6 Å². The molecule has 4 heterocycles. The molecule has 2 aliphatic rings. The first-order valence-electron chi connectivity index (χ1n) is 8.15. The molecule has 0 aromatic carbocycles. The molecular formula is C18H24O2S2Se2. The van der Waals surface area contributed by atoms with Crippen LogP contribution in [0.5, 0.6) is 11.5 Å². The van der Waals surface area contributed by atoms with Crippen LogP contribution in [0.25, 0.3) is 0 Å². The molecule has 6 heteroatoms. The topological polar surface area (TPSA) is 18.5 Å². The number of aryl methyl sites for hydroxylation is 4. The summed E-state index contributed by atoms with van der Waals surface area (Å²) in [6, 6.07) is 0. The van der Waals surface area contributed by atoms with Crippen molar-refractivity contribution in [1.82, 2.24) is 0 Å². The van der Waals surface area contributed by atoms with E-state index in [2.05, 4.69) is 58.1 Å². The van der Waals surface area contributed by atoms with E-state index in [1.54, 1.807) is 18.7 Å². The average Bonchev–Trinajstić information content (AvgIpc) is 2.96. The first kappa shape index (κ1) is 19.1. The second-order valence-electron chi connectivity index (χ2n) is 6.22. The molecule has 24 heavy (non-hydrogen) atoms. The van der Waals surface area contributed by atoms with Crippen LogP contribution in [0.15, 0.2) is 9.79 Å². The Morgan fingerprint density at radius 1 is 0.875 bits per heavy atom. The van der Waals surface area contributed by atoms with E-state index in [1.807, 2.05) is 6.92 Å². The van der Waals surface area contributed by atoms with Gasteiger partial charge in [-0.15, -0.1) is 0 Å². The van der Waals surface area contributed by atoms with Crippen LogP contribution < -0.4 is 9.47 Å². The molecule has 4 rings (SSSR count). The minimum atomic E-state index is 0.209. The first-order chi connectivity index (χ1) is 11.4. The van der Waals surface area contributed by atoms with Crippen molar-refractivity contribution < 1.29 is 9.47 Å². The summed E-state index contributed by atoms with van der Waals surface area (Å²) in [4.78, 5) is 3.24. The van der Waals surface area contributed by atoms with Crippen LogP contribution in [0, 0.1) is 27.7 Å². The number of hydrogen-bond acceptors (Lipinski definition) is 4. The molecule has 2 aliphatic heterocycles. The van der Waals surface area contributed by atoms with Crippen LogP contribution >= 0.6 is 23.5 Å². The summed E-state index contributed by atoms with van der Waals surface area (Å²) in [5.41, 5.74) is 0. The molecule has 2 aromatic heterocycles. The molecule has 0 amide bonds. The van der Waals surface area contributed by atoms with Gasteiger partial charge in [0, 0.05) is 0 Å². The van der Waals surface area contributed by atoms with Gasteiger partial charge in [0.1, 0.15) is 0 Å². The molecule has 0 saturated heterocycles. The number of ether oxygens (including phenoxy) is 2. The van der Waals surface area contributed by atoms with E-state index in [9.17, 15) is 0 Å². The van der Waals surface area contributed by atoms with Crippen LogP contribution in [0.4, 0.5) is 0 Å². The zero-order valence-electron chi connectivity index (χ0n) is 15.0. The normalized spacial score (nSPS) is 21.8. The van der Waals surface area contributed by atoms with Gasteiger partial charge in [-0.1, -0.05) is 0 Å². The van der Waals surface area contributed by atoms with E-state index < -0.39 is 0 Å². The van der Waals surface area contributed by atoms with Crippen LogP contribution in [0.3, 0.4) is 0 Å². The number of rotatable bonds is 0. The number of hydrogen-bond donors (Lipinski definition) is 0. The second kappa shape index (κ2) is 7.90. The van der Waals surface area contributed by atoms with Crippen LogP contribution in [-0.4, -0.2) is 52.7 Å². The molecule has 0 N–H and O–H groups in total. The Bertz CT molecular complexity index is 674. The molecule has 2 aromatic rings. The van der Waals surface area contributed by atoms with Crippen molar-refractivity contribution in [3.8, 4) is 11.5 Å². The fraction of sp³-hybridized carbons (Fsp3) is 0.556. The third kappa shape index (κ3) is 4.00. The standard InChI is InChI=1S/C9H12O2Se.C9H12S2Se/c2*1-5-4-10-8-6(2)12-7(3)9(8)11-5/h2*5H,4H2,1-3H3. The Kier molecular flexibility index (Phi) is 6.28. The molecule has 2 unspecified atom stereocenters.